The summed E-state index contributed by atoms with van der Waals surface area (Å²) in [5.41, 5.74) is 5.58. The molecule has 17 heavy (non-hydrogen) atoms. The Morgan fingerprint density at radius 1 is 1.53 bits per heavy atom. The molecule has 1 aromatic rings. The van der Waals surface area contributed by atoms with Crippen LogP contribution in [0.4, 0.5) is 0 Å². The SMILES string of the molecule is CCC(C)(CN)c1nc(CC2CCOC2)no1. The van der Waals surface area contributed by atoms with E-state index in [-0.39, 0.29) is 5.41 Å². The second kappa shape index (κ2) is 5.14. The number of hydrogen-bond acceptors (Lipinski definition) is 5. The van der Waals surface area contributed by atoms with E-state index in [9.17, 15) is 0 Å². The third-order valence-electron chi connectivity index (χ3n) is 3.71. The number of nitrogens with zero attached hydrogens (tertiary/aromatic N) is 2. The van der Waals surface area contributed by atoms with Crippen LogP contribution in [-0.2, 0) is 16.6 Å². The predicted molar refractivity (Wildman–Crippen MR) is 63.6 cm³/mol. The molecule has 1 aliphatic rings. The molecule has 1 aliphatic heterocycles. The van der Waals surface area contributed by atoms with Gasteiger partial charge in [-0.2, -0.15) is 4.98 Å². The van der Waals surface area contributed by atoms with Crippen LogP contribution < -0.4 is 5.73 Å². The number of rotatable bonds is 5. The summed E-state index contributed by atoms with van der Waals surface area (Å²) in [4.78, 5) is 4.47. The molecular weight excluding hydrogens is 218 g/mol. The molecule has 96 valence electrons. The third-order valence-corrected chi connectivity index (χ3v) is 3.71. The zero-order chi connectivity index (χ0) is 12.3. The molecule has 0 spiro atoms. The van der Waals surface area contributed by atoms with Gasteiger partial charge in [-0.1, -0.05) is 12.1 Å². The van der Waals surface area contributed by atoms with Crippen LogP contribution in [0.25, 0.3) is 0 Å². The lowest BCUT2D eigenvalue weighted by Gasteiger charge is -2.20. The Morgan fingerprint density at radius 2 is 2.35 bits per heavy atom. The van der Waals surface area contributed by atoms with Crippen LogP contribution in [0.3, 0.4) is 0 Å². The molecule has 0 amide bonds. The molecule has 0 bridgehead atoms. The minimum absolute atomic E-state index is 0.197. The number of nitrogens with two attached hydrogens (primary N) is 1. The number of aromatic nitrogens is 2. The Morgan fingerprint density at radius 3 is 2.94 bits per heavy atom. The van der Waals surface area contributed by atoms with Crippen molar-refractivity contribution in [3.8, 4) is 0 Å². The summed E-state index contributed by atoms with van der Waals surface area (Å²) in [6.45, 7) is 6.33. The van der Waals surface area contributed by atoms with E-state index in [1.165, 1.54) is 0 Å². The van der Waals surface area contributed by atoms with Gasteiger partial charge in [0.2, 0.25) is 5.89 Å². The maximum Gasteiger partial charge on any atom is 0.233 e. The highest BCUT2D eigenvalue weighted by Crippen LogP contribution is 2.25. The average molecular weight is 239 g/mol. The first-order valence-electron chi connectivity index (χ1n) is 6.29. The van der Waals surface area contributed by atoms with Gasteiger partial charge in [-0.15, -0.1) is 0 Å². The lowest BCUT2D eigenvalue weighted by atomic mass is 9.88. The fraction of sp³-hybridized carbons (Fsp3) is 0.833. The molecule has 0 radical (unpaired) electrons. The first-order valence-corrected chi connectivity index (χ1v) is 6.29. The van der Waals surface area contributed by atoms with E-state index in [1.807, 2.05) is 0 Å². The summed E-state index contributed by atoms with van der Waals surface area (Å²) >= 11 is 0. The summed E-state index contributed by atoms with van der Waals surface area (Å²) in [6.07, 6.45) is 2.83. The van der Waals surface area contributed by atoms with Gasteiger partial charge in [-0.25, -0.2) is 0 Å². The van der Waals surface area contributed by atoms with Crippen molar-refractivity contribution in [2.45, 2.75) is 38.5 Å². The van der Waals surface area contributed by atoms with Gasteiger partial charge in [0, 0.05) is 26.2 Å². The monoisotopic (exact) mass is 239 g/mol. The standard InChI is InChI=1S/C12H21N3O2/c1-3-12(2,8-13)11-14-10(15-17-11)6-9-4-5-16-7-9/h9H,3-8,13H2,1-2H3. The zero-order valence-corrected chi connectivity index (χ0v) is 10.6. The van der Waals surface area contributed by atoms with Crippen LogP contribution >= 0.6 is 0 Å². The lowest BCUT2D eigenvalue weighted by molar-refractivity contribution is 0.185. The van der Waals surface area contributed by atoms with Gasteiger partial charge in [0.15, 0.2) is 5.82 Å². The lowest BCUT2D eigenvalue weighted by Crippen LogP contribution is -2.31. The minimum Gasteiger partial charge on any atom is -0.381 e. The largest absolute Gasteiger partial charge is 0.381 e. The second-order valence-corrected chi connectivity index (χ2v) is 5.07. The van der Waals surface area contributed by atoms with Gasteiger partial charge >= 0.3 is 0 Å². The molecule has 1 fully saturated rings. The van der Waals surface area contributed by atoms with E-state index in [0.29, 0.717) is 18.4 Å². The molecule has 0 saturated carbocycles. The fourth-order valence-corrected chi connectivity index (χ4v) is 1.97. The normalized spacial score (nSPS) is 23.8. The highest BCUT2D eigenvalue weighted by Gasteiger charge is 2.30. The molecule has 2 atom stereocenters. The molecule has 5 heteroatoms. The van der Waals surface area contributed by atoms with Gasteiger partial charge in [-0.05, 0) is 25.7 Å². The number of ether oxygens (including phenoxy) is 1. The summed E-state index contributed by atoms with van der Waals surface area (Å²) in [5.74, 6) is 1.98. The molecule has 2 unspecified atom stereocenters. The Bertz CT molecular complexity index is 354. The van der Waals surface area contributed by atoms with Crippen LogP contribution in [0, 0.1) is 5.92 Å². The third kappa shape index (κ3) is 2.66. The summed E-state index contributed by atoms with van der Waals surface area (Å²) in [5, 5.41) is 4.04. The van der Waals surface area contributed by atoms with E-state index >= 15 is 0 Å². The topological polar surface area (TPSA) is 74.2 Å². The van der Waals surface area contributed by atoms with E-state index in [2.05, 4.69) is 24.0 Å². The maximum atomic E-state index is 5.77. The molecule has 0 aromatic carbocycles. The van der Waals surface area contributed by atoms with Crippen LogP contribution in [0.15, 0.2) is 4.52 Å². The molecular formula is C12H21N3O2. The molecule has 2 heterocycles. The van der Waals surface area contributed by atoms with E-state index in [0.717, 1.165) is 38.3 Å². The van der Waals surface area contributed by atoms with E-state index in [4.69, 9.17) is 15.0 Å². The van der Waals surface area contributed by atoms with Crippen LogP contribution in [0.2, 0.25) is 0 Å². The second-order valence-electron chi connectivity index (χ2n) is 5.07. The molecule has 0 aliphatic carbocycles. The van der Waals surface area contributed by atoms with Crippen LogP contribution in [0.5, 0.6) is 0 Å². The first kappa shape index (κ1) is 12.5. The number of hydrogen-bond donors (Lipinski definition) is 1. The van der Waals surface area contributed by atoms with Gasteiger partial charge in [0.1, 0.15) is 0 Å². The molecule has 2 rings (SSSR count). The average Bonchev–Trinajstić information content (AvgIpc) is 3.00. The van der Waals surface area contributed by atoms with Crippen molar-refractivity contribution in [3.63, 3.8) is 0 Å². The quantitative estimate of drug-likeness (QED) is 0.837. The zero-order valence-electron chi connectivity index (χ0n) is 10.6. The van der Waals surface area contributed by atoms with Crippen molar-refractivity contribution in [3.05, 3.63) is 11.7 Å². The fourth-order valence-electron chi connectivity index (χ4n) is 1.97. The van der Waals surface area contributed by atoms with Crippen molar-refractivity contribution in [1.29, 1.82) is 0 Å². The van der Waals surface area contributed by atoms with E-state index < -0.39 is 0 Å². The smallest absolute Gasteiger partial charge is 0.233 e. The van der Waals surface area contributed by atoms with E-state index in [1.54, 1.807) is 0 Å². The van der Waals surface area contributed by atoms with Crippen LogP contribution in [-0.4, -0.2) is 29.9 Å². The predicted octanol–water partition coefficient (Wildman–Crippen LogP) is 1.27. The van der Waals surface area contributed by atoms with Crippen molar-refractivity contribution in [2.75, 3.05) is 19.8 Å². The minimum atomic E-state index is -0.197. The van der Waals surface area contributed by atoms with Gasteiger partial charge in [0.05, 0.1) is 5.41 Å². The molecule has 1 aromatic heterocycles. The summed E-state index contributed by atoms with van der Waals surface area (Å²) < 4.78 is 10.7. The Hall–Kier alpha value is -0.940. The summed E-state index contributed by atoms with van der Waals surface area (Å²) in [6, 6.07) is 0. The molecule has 5 nitrogen and oxygen atoms in total. The Balaban J connectivity index is 2.04. The Kier molecular flexibility index (Phi) is 3.79. The maximum absolute atomic E-state index is 5.77. The van der Waals surface area contributed by atoms with Crippen LogP contribution in [0.1, 0.15) is 38.4 Å². The summed E-state index contributed by atoms with van der Waals surface area (Å²) in [7, 11) is 0. The Labute approximate surface area is 102 Å². The van der Waals surface area contributed by atoms with Gasteiger partial charge in [0.25, 0.3) is 0 Å². The first-order chi connectivity index (χ1) is 8.18. The highest BCUT2D eigenvalue weighted by atomic mass is 16.5. The van der Waals surface area contributed by atoms with Gasteiger partial charge in [-0.3, -0.25) is 0 Å². The van der Waals surface area contributed by atoms with Crippen molar-refractivity contribution >= 4 is 0 Å². The highest BCUT2D eigenvalue weighted by molar-refractivity contribution is 5.04. The van der Waals surface area contributed by atoms with Crippen molar-refractivity contribution < 1.29 is 9.26 Å². The molecule has 2 N–H and O–H groups in total. The van der Waals surface area contributed by atoms with Gasteiger partial charge < -0.3 is 15.0 Å². The van der Waals surface area contributed by atoms with Crippen molar-refractivity contribution in [2.24, 2.45) is 11.7 Å². The molecule has 1 saturated heterocycles. The van der Waals surface area contributed by atoms with Crippen molar-refractivity contribution in [1.82, 2.24) is 10.1 Å².